The Morgan fingerprint density at radius 1 is 1.23 bits per heavy atom. The van der Waals surface area contributed by atoms with Crippen LogP contribution < -0.4 is 11.1 Å². The topological polar surface area (TPSA) is 67.5 Å². The molecule has 0 aliphatic rings. The van der Waals surface area contributed by atoms with E-state index < -0.39 is 17.6 Å². The number of nitrogens with two attached hydrogens (primary N) is 1. The fourth-order valence-corrected chi connectivity index (χ4v) is 1.15. The summed E-state index contributed by atoms with van der Waals surface area (Å²) in [5, 5.41) is 2.07. The van der Waals surface area contributed by atoms with Crippen LogP contribution in [0.5, 0.6) is 0 Å². The summed E-state index contributed by atoms with van der Waals surface area (Å²) in [5.74, 6) is -3.68. The number of aliphatic imine (C=N–C) groups is 1. The van der Waals surface area contributed by atoms with Crippen LogP contribution in [0, 0.1) is 0 Å². The van der Waals surface area contributed by atoms with E-state index in [-0.39, 0.29) is 23.0 Å². The molecule has 0 atom stereocenters. The molecule has 0 saturated carbocycles. The quantitative estimate of drug-likeness (QED) is 0.339. The Morgan fingerprint density at radius 3 is 2.41 bits per heavy atom. The van der Waals surface area contributed by atoms with Gasteiger partial charge < -0.3 is 5.73 Å². The maximum absolute atomic E-state index is 13.0. The monoisotopic (exact) mass is 331 g/mol. The van der Waals surface area contributed by atoms with Crippen LogP contribution in [0.1, 0.15) is 0 Å². The molecular weight excluding hydrogens is 319 g/mol. The molecule has 118 valence electrons. The van der Waals surface area contributed by atoms with E-state index in [1.165, 1.54) is 6.08 Å². The fraction of sp³-hybridized carbons (Fsp3) is 0. The molecule has 0 aromatic heterocycles. The number of amides is 1. The number of rotatable bonds is 6. The van der Waals surface area contributed by atoms with Crippen LogP contribution in [-0.4, -0.2) is 11.9 Å². The van der Waals surface area contributed by atoms with Crippen molar-refractivity contribution in [2.24, 2.45) is 10.7 Å². The largest absolute Gasteiger partial charge is 0.369 e. The summed E-state index contributed by atoms with van der Waals surface area (Å²) in [6, 6.07) is 0. The van der Waals surface area contributed by atoms with Gasteiger partial charge in [-0.05, 0) is 24.3 Å². The van der Waals surface area contributed by atoms with Crippen molar-refractivity contribution >= 4 is 23.5 Å². The highest BCUT2D eigenvalue weighted by Gasteiger charge is 2.02. The minimum absolute atomic E-state index is 0.00220. The van der Waals surface area contributed by atoms with Crippen LogP contribution in [0.15, 0.2) is 77.2 Å². The van der Waals surface area contributed by atoms with Crippen LogP contribution in [-0.2, 0) is 4.79 Å². The van der Waals surface area contributed by atoms with Crippen LogP contribution in [0.3, 0.4) is 0 Å². The van der Waals surface area contributed by atoms with E-state index in [1.807, 2.05) is 0 Å². The van der Waals surface area contributed by atoms with Crippen molar-refractivity contribution in [3.05, 3.63) is 72.3 Å². The predicted octanol–water partition coefficient (Wildman–Crippen LogP) is 3.43. The summed E-state index contributed by atoms with van der Waals surface area (Å²) in [6.45, 7) is 6.48. The zero-order valence-electron chi connectivity index (χ0n) is 11.3. The molecule has 22 heavy (non-hydrogen) atoms. The average Bonchev–Trinajstić information content (AvgIpc) is 2.43. The van der Waals surface area contributed by atoms with Gasteiger partial charge in [0.25, 0.3) is 5.91 Å². The molecule has 0 aliphatic heterocycles. The third-order valence-electron chi connectivity index (χ3n) is 1.83. The van der Waals surface area contributed by atoms with Crippen LogP contribution in [0.4, 0.5) is 13.2 Å². The Bertz CT molecular complexity index is 604. The second-order valence-electron chi connectivity index (χ2n) is 3.53. The molecule has 8 heteroatoms. The zero-order chi connectivity index (χ0) is 17.1. The van der Waals surface area contributed by atoms with Crippen LogP contribution in [0.25, 0.3) is 0 Å². The first-order valence-electron chi connectivity index (χ1n) is 5.64. The molecule has 0 rings (SSSR count). The van der Waals surface area contributed by atoms with Gasteiger partial charge in [0.2, 0.25) is 5.96 Å². The standard InChI is InChI=1S/C14H13ClF3N3O/c1-3-11(17)12(18)4-5-13(22)21-14(19)20-9(2)8-10(15)6-7-16/h3-8H,1-2H2,(H3,19,20,21,22)/b5-4+,7-6+,10-8+,12-11-. The summed E-state index contributed by atoms with van der Waals surface area (Å²) in [7, 11) is 0. The predicted molar refractivity (Wildman–Crippen MR) is 81.7 cm³/mol. The molecule has 0 aliphatic carbocycles. The average molecular weight is 332 g/mol. The summed E-state index contributed by atoms with van der Waals surface area (Å²) < 4.78 is 37.5. The number of hydrogen-bond donors (Lipinski definition) is 2. The Kier molecular flexibility index (Phi) is 9.04. The van der Waals surface area contributed by atoms with Gasteiger partial charge in [0.15, 0.2) is 11.7 Å². The van der Waals surface area contributed by atoms with E-state index in [9.17, 15) is 18.0 Å². The van der Waals surface area contributed by atoms with Crippen molar-refractivity contribution < 1.29 is 18.0 Å². The van der Waals surface area contributed by atoms with E-state index in [0.29, 0.717) is 18.2 Å². The molecule has 0 aromatic rings. The third kappa shape index (κ3) is 8.60. The lowest BCUT2D eigenvalue weighted by molar-refractivity contribution is -0.115. The summed E-state index contributed by atoms with van der Waals surface area (Å²) >= 11 is 5.57. The van der Waals surface area contributed by atoms with Crippen molar-refractivity contribution in [3.63, 3.8) is 0 Å². The number of allylic oxidation sites excluding steroid dienone is 7. The van der Waals surface area contributed by atoms with Crippen LogP contribution >= 0.6 is 11.6 Å². The number of nitrogens with one attached hydrogen (secondary N) is 1. The maximum atomic E-state index is 13.0. The molecule has 0 fully saturated rings. The normalized spacial score (nSPS) is 14.2. The highest BCUT2D eigenvalue weighted by Crippen LogP contribution is 2.10. The van der Waals surface area contributed by atoms with Crippen LogP contribution in [0.2, 0.25) is 0 Å². The molecule has 0 unspecified atom stereocenters. The Morgan fingerprint density at radius 2 is 1.86 bits per heavy atom. The molecule has 0 heterocycles. The van der Waals surface area contributed by atoms with Gasteiger partial charge in [0, 0.05) is 11.1 Å². The number of nitrogens with zero attached hydrogens (tertiary/aromatic N) is 1. The minimum Gasteiger partial charge on any atom is -0.369 e. The number of guanidine groups is 1. The first-order valence-corrected chi connectivity index (χ1v) is 6.01. The lowest BCUT2D eigenvalue weighted by atomic mass is 10.3. The van der Waals surface area contributed by atoms with Crippen molar-refractivity contribution in [1.29, 1.82) is 0 Å². The molecule has 0 aromatic carbocycles. The number of carbonyl (C=O) groups excluding carboxylic acids is 1. The Labute approximate surface area is 130 Å². The van der Waals surface area contributed by atoms with Crippen molar-refractivity contribution in [2.45, 2.75) is 0 Å². The number of carbonyl (C=O) groups is 1. The van der Waals surface area contributed by atoms with E-state index in [1.54, 1.807) is 0 Å². The Hall–Kier alpha value is -2.54. The molecule has 3 N–H and O–H groups in total. The second-order valence-corrected chi connectivity index (χ2v) is 3.97. The van der Waals surface area contributed by atoms with Gasteiger partial charge in [-0.3, -0.25) is 10.1 Å². The molecule has 1 amide bonds. The SMILES string of the molecule is C=C/C(F)=C(F)\C=C\C(=O)NC(N)=NC(=C)/C=C(Cl)\C=C\F. The first kappa shape index (κ1) is 19.5. The van der Waals surface area contributed by atoms with Gasteiger partial charge in [-0.15, -0.1) is 0 Å². The summed E-state index contributed by atoms with van der Waals surface area (Å²) in [5.41, 5.74) is 5.42. The molecular formula is C14H13ClF3N3O. The van der Waals surface area contributed by atoms with E-state index >= 15 is 0 Å². The van der Waals surface area contributed by atoms with Crippen molar-refractivity contribution in [2.75, 3.05) is 0 Å². The highest BCUT2D eigenvalue weighted by molar-refractivity contribution is 6.31. The van der Waals surface area contributed by atoms with Gasteiger partial charge in [0.1, 0.15) is 0 Å². The van der Waals surface area contributed by atoms with E-state index in [4.69, 9.17) is 17.3 Å². The van der Waals surface area contributed by atoms with Crippen molar-refractivity contribution in [1.82, 2.24) is 5.32 Å². The summed E-state index contributed by atoms with van der Waals surface area (Å²) in [4.78, 5) is 15.0. The second kappa shape index (κ2) is 10.2. The number of halogens is 4. The zero-order valence-corrected chi connectivity index (χ0v) is 12.1. The van der Waals surface area contributed by atoms with E-state index in [0.717, 1.165) is 6.08 Å². The third-order valence-corrected chi connectivity index (χ3v) is 2.07. The highest BCUT2D eigenvalue weighted by atomic mass is 35.5. The minimum atomic E-state index is -1.27. The first-order chi connectivity index (χ1) is 10.3. The smallest absolute Gasteiger partial charge is 0.250 e. The summed E-state index contributed by atoms with van der Waals surface area (Å²) in [6.07, 6.45) is 4.31. The molecule has 0 spiro atoms. The van der Waals surface area contributed by atoms with Gasteiger partial charge >= 0.3 is 0 Å². The Balaban J connectivity index is 4.75. The lowest BCUT2D eigenvalue weighted by Gasteiger charge is -2.01. The molecule has 0 radical (unpaired) electrons. The van der Waals surface area contributed by atoms with E-state index in [2.05, 4.69) is 23.5 Å². The number of hydrogen-bond acceptors (Lipinski definition) is 2. The fourth-order valence-electron chi connectivity index (χ4n) is 0.976. The maximum Gasteiger partial charge on any atom is 0.250 e. The van der Waals surface area contributed by atoms with Gasteiger partial charge in [-0.25, -0.2) is 18.2 Å². The lowest BCUT2D eigenvalue weighted by Crippen LogP contribution is -2.35. The van der Waals surface area contributed by atoms with Gasteiger partial charge in [0.05, 0.1) is 12.0 Å². The molecule has 0 saturated heterocycles. The molecule has 4 nitrogen and oxygen atoms in total. The molecule has 0 bridgehead atoms. The van der Waals surface area contributed by atoms with Crippen molar-refractivity contribution in [3.8, 4) is 0 Å². The van der Waals surface area contributed by atoms with Gasteiger partial charge in [-0.2, -0.15) is 0 Å². The van der Waals surface area contributed by atoms with Gasteiger partial charge in [-0.1, -0.05) is 24.8 Å².